The summed E-state index contributed by atoms with van der Waals surface area (Å²) in [5, 5.41) is 4.13. The Morgan fingerprint density at radius 3 is 2.61 bits per heavy atom. The summed E-state index contributed by atoms with van der Waals surface area (Å²) in [7, 11) is 4.35. The second kappa shape index (κ2) is 8.22. The molecule has 28 heavy (non-hydrogen) atoms. The lowest BCUT2D eigenvalue weighted by Gasteiger charge is -2.16. The van der Waals surface area contributed by atoms with Crippen molar-refractivity contribution in [3.05, 3.63) is 62.9 Å². The first-order valence-electron chi connectivity index (χ1n) is 8.37. The maximum atomic E-state index is 12.5. The lowest BCUT2D eigenvalue weighted by atomic mass is 10.1. The van der Waals surface area contributed by atoms with Crippen LogP contribution in [-0.4, -0.2) is 32.3 Å². The summed E-state index contributed by atoms with van der Waals surface area (Å²) in [6, 6.07) is 10.5. The number of para-hydroxylation sites is 1. The number of methoxy groups -OCH3 is 3. The van der Waals surface area contributed by atoms with Crippen molar-refractivity contribution < 1.29 is 19.0 Å². The number of hydrogen-bond donors (Lipinski definition) is 2. The summed E-state index contributed by atoms with van der Waals surface area (Å²) in [4.78, 5) is 27.4. The summed E-state index contributed by atoms with van der Waals surface area (Å²) in [5.74, 6) is 0.549. The van der Waals surface area contributed by atoms with E-state index in [2.05, 4.69) is 10.3 Å². The molecule has 0 unspecified atom stereocenters. The predicted molar refractivity (Wildman–Crippen MR) is 108 cm³/mol. The zero-order chi connectivity index (χ0) is 20.3. The summed E-state index contributed by atoms with van der Waals surface area (Å²) in [5.41, 5.74) is 0.833. The fourth-order valence-corrected chi connectivity index (χ4v) is 3.19. The fraction of sp³-hybridized carbons (Fsp3) is 0.200. The van der Waals surface area contributed by atoms with Gasteiger partial charge in [-0.3, -0.25) is 4.79 Å². The zero-order valence-corrected chi connectivity index (χ0v) is 16.3. The van der Waals surface area contributed by atoms with Gasteiger partial charge in [0.2, 0.25) is 0 Å². The number of aromatic amines is 1. The molecule has 0 aliphatic rings. The van der Waals surface area contributed by atoms with E-state index < -0.39 is 11.5 Å². The minimum absolute atomic E-state index is 0.126. The largest absolute Gasteiger partial charge is 0.497 e. The van der Waals surface area contributed by atoms with E-state index >= 15 is 0 Å². The molecule has 146 valence electrons. The standard InChI is InChI=1S/C20H19ClN2O5/c1-26-12-7-8-15(27-2)11(9-12)10-22-18-13-5-4-6-14(21)17(13)23-19(24)16(18)20(25)28-3/h4-9H,10H2,1-3H3,(H2,22,23,24). The molecule has 0 aliphatic carbocycles. The highest BCUT2D eigenvalue weighted by Gasteiger charge is 2.21. The van der Waals surface area contributed by atoms with E-state index in [0.29, 0.717) is 33.1 Å². The van der Waals surface area contributed by atoms with Crippen LogP contribution in [0, 0.1) is 0 Å². The van der Waals surface area contributed by atoms with Crippen LogP contribution in [0.15, 0.2) is 41.2 Å². The fourth-order valence-electron chi connectivity index (χ4n) is 2.97. The molecule has 2 N–H and O–H groups in total. The summed E-state index contributed by atoms with van der Waals surface area (Å²) >= 11 is 6.22. The van der Waals surface area contributed by atoms with Crippen LogP contribution in [0.4, 0.5) is 5.69 Å². The van der Waals surface area contributed by atoms with Gasteiger partial charge in [0.15, 0.2) is 0 Å². The van der Waals surface area contributed by atoms with Crippen LogP contribution < -0.4 is 20.3 Å². The number of halogens is 1. The van der Waals surface area contributed by atoms with Gasteiger partial charge < -0.3 is 24.5 Å². The molecule has 1 aromatic heterocycles. The zero-order valence-electron chi connectivity index (χ0n) is 15.6. The average molecular weight is 403 g/mol. The Bertz CT molecular complexity index is 1090. The molecule has 0 saturated carbocycles. The first kappa shape index (κ1) is 19.6. The van der Waals surface area contributed by atoms with Crippen molar-refractivity contribution in [1.82, 2.24) is 4.98 Å². The summed E-state index contributed by atoms with van der Waals surface area (Å²) in [6.45, 7) is 0.273. The Morgan fingerprint density at radius 1 is 1.14 bits per heavy atom. The van der Waals surface area contributed by atoms with Crippen molar-refractivity contribution in [1.29, 1.82) is 0 Å². The third kappa shape index (κ3) is 3.61. The van der Waals surface area contributed by atoms with Crippen LogP contribution >= 0.6 is 11.6 Å². The van der Waals surface area contributed by atoms with E-state index in [1.54, 1.807) is 44.6 Å². The van der Waals surface area contributed by atoms with E-state index in [1.807, 2.05) is 6.07 Å². The molecule has 0 spiro atoms. The third-order valence-electron chi connectivity index (χ3n) is 4.33. The molecule has 1 heterocycles. The molecule has 0 fully saturated rings. The topological polar surface area (TPSA) is 89.7 Å². The Balaban J connectivity index is 2.13. The van der Waals surface area contributed by atoms with Crippen molar-refractivity contribution >= 4 is 34.2 Å². The molecule has 0 bridgehead atoms. The third-order valence-corrected chi connectivity index (χ3v) is 4.65. The molecule has 0 aliphatic heterocycles. The van der Waals surface area contributed by atoms with Gasteiger partial charge in [0.1, 0.15) is 17.1 Å². The summed E-state index contributed by atoms with van der Waals surface area (Å²) < 4.78 is 15.4. The van der Waals surface area contributed by atoms with Gasteiger partial charge in [-0.25, -0.2) is 4.79 Å². The van der Waals surface area contributed by atoms with E-state index in [-0.39, 0.29) is 12.1 Å². The van der Waals surface area contributed by atoms with Crippen molar-refractivity contribution in [2.45, 2.75) is 6.54 Å². The molecular formula is C20H19ClN2O5. The molecule has 7 nitrogen and oxygen atoms in total. The maximum Gasteiger partial charge on any atom is 0.345 e. The van der Waals surface area contributed by atoms with Crippen LogP contribution in [0.5, 0.6) is 11.5 Å². The van der Waals surface area contributed by atoms with Gasteiger partial charge in [0.25, 0.3) is 5.56 Å². The predicted octanol–water partition coefficient (Wildman–Crippen LogP) is 3.60. The minimum atomic E-state index is -0.747. The molecule has 0 atom stereocenters. The molecule has 0 amide bonds. The number of carbonyl (C=O) groups excluding carboxylic acids is 1. The van der Waals surface area contributed by atoms with Crippen LogP contribution in [0.2, 0.25) is 5.02 Å². The van der Waals surface area contributed by atoms with E-state index in [1.165, 1.54) is 7.11 Å². The van der Waals surface area contributed by atoms with Crippen molar-refractivity contribution in [3.8, 4) is 11.5 Å². The first-order valence-corrected chi connectivity index (χ1v) is 8.75. The number of carbonyl (C=O) groups is 1. The average Bonchev–Trinajstić information content (AvgIpc) is 2.71. The van der Waals surface area contributed by atoms with Gasteiger partial charge >= 0.3 is 5.97 Å². The SMILES string of the molecule is COC(=O)c1c(NCc2cc(OC)ccc2OC)c2cccc(Cl)c2[nH]c1=O. The minimum Gasteiger partial charge on any atom is -0.497 e. The van der Waals surface area contributed by atoms with Crippen LogP contribution in [0.3, 0.4) is 0 Å². The van der Waals surface area contributed by atoms with Crippen LogP contribution in [0.1, 0.15) is 15.9 Å². The van der Waals surface area contributed by atoms with Gasteiger partial charge in [0.05, 0.1) is 37.6 Å². The molecule has 0 radical (unpaired) electrons. The van der Waals surface area contributed by atoms with Gasteiger partial charge in [0, 0.05) is 17.5 Å². The smallest absolute Gasteiger partial charge is 0.345 e. The molecule has 2 aromatic carbocycles. The highest BCUT2D eigenvalue weighted by molar-refractivity contribution is 6.35. The molecular weight excluding hydrogens is 384 g/mol. The number of ether oxygens (including phenoxy) is 3. The van der Waals surface area contributed by atoms with Crippen LogP contribution in [-0.2, 0) is 11.3 Å². The number of benzene rings is 2. The number of nitrogens with one attached hydrogen (secondary N) is 2. The lowest BCUT2D eigenvalue weighted by molar-refractivity contribution is 0.0600. The number of rotatable bonds is 6. The monoisotopic (exact) mass is 402 g/mol. The number of aromatic nitrogens is 1. The van der Waals surface area contributed by atoms with Crippen LogP contribution in [0.25, 0.3) is 10.9 Å². The number of hydrogen-bond acceptors (Lipinski definition) is 6. The normalized spacial score (nSPS) is 10.6. The first-order chi connectivity index (χ1) is 13.5. The Hall–Kier alpha value is -3.19. The lowest BCUT2D eigenvalue weighted by Crippen LogP contribution is -2.22. The molecule has 3 rings (SSSR count). The van der Waals surface area contributed by atoms with Gasteiger partial charge in [-0.05, 0) is 24.3 Å². The number of pyridine rings is 1. The molecule has 8 heteroatoms. The van der Waals surface area contributed by atoms with Crippen molar-refractivity contribution in [3.63, 3.8) is 0 Å². The Morgan fingerprint density at radius 2 is 1.93 bits per heavy atom. The number of fused-ring (bicyclic) bond motifs is 1. The summed E-state index contributed by atoms with van der Waals surface area (Å²) in [6.07, 6.45) is 0. The Labute approximate surface area is 166 Å². The van der Waals surface area contributed by atoms with Gasteiger partial charge in [-0.1, -0.05) is 23.7 Å². The highest BCUT2D eigenvalue weighted by Crippen LogP contribution is 2.31. The van der Waals surface area contributed by atoms with E-state index in [4.69, 9.17) is 25.8 Å². The second-order valence-electron chi connectivity index (χ2n) is 5.89. The van der Waals surface area contributed by atoms with E-state index in [9.17, 15) is 9.59 Å². The second-order valence-corrected chi connectivity index (χ2v) is 6.30. The highest BCUT2D eigenvalue weighted by atomic mass is 35.5. The number of anilines is 1. The molecule has 0 saturated heterocycles. The van der Waals surface area contributed by atoms with Gasteiger partial charge in [-0.15, -0.1) is 0 Å². The van der Waals surface area contributed by atoms with E-state index in [0.717, 1.165) is 5.56 Å². The molecule has 3 aromatic rings. The van der Waals surface area contributed by atoms with Crippen molar-refractivity contribution in [2.24, 2.45) is 0 Å². The number of H-pyrrole nitrogens is 1. The van der Waals surface area contributed by atoms with Crippen molar-refractivity contribution in [2.75, 3.05) is 26.6 Å². The maximum absolute atomic E-state index is 12.5. The number of esters is 1. The Kier molecular flexibility index (Phi) is 5.75. The van der Waals surface area contributed by atoms with Gasteiger partial charge in [-0.2, -0.15) is 0 Å². The quantitative estimate of drug-likeness (QED) is 0.612.